The maximum atomic E-state index is 12.4. The number of allylic oxidation sites excluding steroid dienone is 1. The zero-order valence-corrected chi connectivity index (χ0v) is 14.4. The Morgan fingerprint density at radius 3 is 2.12 bits per heavy atom. The summed E-state index contributed by atoms with van der Waals surface area (Å²) in [6, 6.07) is 17.0. The molecular weight excluding hydrogens is 298 g/mol. The van der Waals surface area contributed by atoms with Gasteiger partial charge in [-0.05, 0) is 6.08 Å². The van der Waals surface area contributed by atoms with Gasteiger partial charge in [-0.2, -0.15) is 0 Å². The summed E-state index contributed by atoms with van der Waals surface area (Å²) in [7, 11) is 4.19. The Morgan fingerprint density at radius 2 is 1.54 bits per heavy atom. The second kappa shape index (κ2) is 7.84. The first kappa shape index (κ1) is 17.8. The van der Waals surface area contributed by atoms with Crippen LogP contribution in [-0.4, -0.2) is 36.7 Å². The zero-order valence-electron chi connectivity index (χ0n) is 14.4. The standard InChI is InChI=1S/C21H24NO2/c1-4-20(23)14-15-22(2,3)16-17-10-12-19(13-11-17)21(24)18-8-6-5-7-9-18/h4-13H,1,14-16H2,2-3H3/q+1. The Balaban J connectivity index is 2.02. The van der Waals surface area contributed by atoms with E-state index in [-0.39, 0.29) is 11.6 Å². The van der Waals surface area contributed by atoms with Crippen molar-refractivity contribution in [3.63, 3.8) is 0 Å². The zero-order chi connectivity index (χ0) is 17.6. The van der Waals surface area contributed by atoms with Crippen molar-refractivity contribution < 1.29 is 14.1 Å². The third-order valence-corrected chi connectivity index (χ3v) is 4.05. The van der Waals surface area contributed by atoms with E-state index in [1.165, 1.54) is 6.08 Å². The highest BCUT2D eigenvalue weighted by Gasteiger charge is 2.17. The monoisotopic (exact) mass is 322 g/mol. The van der Waals surface area contributed by atoms with E-state index < -0.39 is 0 Å². The van der Waals surface area contributed by atoms with Gasteiger partial charge in [0, 0.05) is 16.7 Å². The van der Waals surface area contributed by atoms with Crippen molar-refractivity contribution in [3.05, 3.63) is 83.9 Å². The molecule has 0 heterocycles. The van der Waals surface area contributed by atoms with Crippen LogP contribution in [0.3, 0.4) is 0 Å². The summed E-state index contributed by atoms with van der Waals surface area (Å²) in [5, 5.41) is 0. The maximum absolute atomic E-state index is 12.4. The van der Waals surface area contributed by atoms with E-state index in [9.17, 15) is 9.59 Å². The van der Waals surface area contributed by atoms with Crippen LogP contribution in [0.4, 0.5) is 0 Å². The van der Waals surface area contributed by atoms with Gasteiger partial charge in [0.15, 0.2) is 11.6 Å². The van der Waals surface area contributed by atoms with Crippen molar-refractivity contribution >= 4 is 11.6 Å². The van der Waals surface area contributed by atoms with Gasteiger partial charge in [-0.3, -0.25) is 9.59 Å². The lowest BCUT2D eigenvalue weighted by atomic mass is 10.0. The van der Waals surface area contributed by atoms with E-state index in [0.717, 1.165) is 18.7 Å². The molecule has 0 amide bonds. The minimum Gasteiger partial charge on any atom is -0.324 e. The maximum Gasteiger partial charge on any atom is 0.193 e. The van der Waals surface area contributed by atoms with E-state index in [4.69, 9.17) is 0 Å². The van der Waals surface area contributed by atoms with Gasteiger partial charge in [0.25, 0.3) is 0 Å². The second-order valence-corrected chi connectivity index (χ2v) is 6.63. The van der Waals surface area contributed by atoms with Gasteiger partial charge >= 0.3 is 0 Å². The van der Waals surface area contributed by atoms with Gasteiger partial charge in [-0.1, -0.05) is 61.2 Å². The molecule has 2 aromatic carbocycles. The first-order valence-corrected chi connectivity index (χ1v) is 8.07. The molecule has 24 heavy (non-hydrogen) atoms. The molecule has 0 bridgehead atoms. The van der Waals surface area contributed by atoms with Crippen LogP contribution >= 0.6 is 0 Å². The number of carbonyl (C=O) groups is 2. The first-order chi connectivity index (χ1) is 11.4. The SMILES string of the molecule is C=CC(=O)CC[N+](C)(C)Cc1ccc(C(=O)c2ccccc2)cc1. The van der Waals surface area contributed by atoms with Gasteiger partial charge < -0.3 is 4.48 Å². The Kier molecular flexibility index (Phi) is 5.83. The Hall–Kier alpha value is -2.52. The normalized spacial score (nSPS) is 11.1. The number of carbonyl (C=O) groups excluding carboxylic acids is 2. The van der Waals surface area contributed by atoms with Crippen molar-refractivity contribution in [1.82, 2.24) is 0 Å². The van der Waals surface area contributed by atoms with Crippen molar-refractivity contribution in [2.45, 2.75) is 13.0 Å². The minimum atomic E-state index is 0.0347. The number of hydrogen-bond donors (Lipinski definition) is 0. The number of ketones is 2. The Labute approximate surface area is 143 Å². The van der Waals surface area contributed by atoms with Crippen LogP contribution in [0.2, 0.25) is 0 Å². The van der Waals surface area contributed by atoms with Gasteiger partial charge in [0.1, 0.15) is 6.54 Å². The molecule has 0 spiro atoms. The van der Waals surface area contributed by atoms with Crippen molar-refractivity contribution in [3.8, 4) is 0 Å². The molecule has 0 saturated carbocycles. The topological polar surface area (TPSA) is 34.1 Å². The average Bonchev–Trinajstić information content (AvgIpc) is 2.60. The predicted octanol–water partition coefficient (Wildman–Crippen LogP) is 3.64. The molecule has 0 N–H and O–H groups in total. The number of rotatable bonds is 8. The lowest BCUT2D eigenvalue weighted by Gasteiger charge is -2.29. The van der Waals surface area contributed by atoms with Crippen LogP contribution in [0, 0.1) is 0 Å². The lowest BCUT2D eigenvalue weighted by Crippen LogP contribution is -2.40. The lowest BCUT2D eigenvalue weighted by molar-refractivity contribution is -0.903. The van der Waals surface area contributed by atoms with Crippen LogP contribution in [0.1, 0.15) is 27.9 Å². The summed E-state index contributed by atoms with van der Waals surface area (Å²) < 4.78 is 0.714. The Morgan fingerprint density at radius 1 is 0.958 bits per heavy atom. The molecule has 2 rings (SSSR count). The fourth-order valence-corrected chi connectivity index (χ4v) is 2.61. The molecule has 0 aliphatic carbocycles. The summed E-state index contributed by atoms with van der Waals surface area (Å²) >= 11 is 0. The molecule has 0 radical (unpaired) electrons. The molecule has 0 aliphatic heterocycles. The number of hydrogen-bond acceptors (Lipinski definition) is 2. The summed E-state index contributed by atoms with van der Waals surface area (Å²) in [6.07, 6.45) is 1.88. The number of quaternary nitrogens is 1. The average molecular weight is 322 g/mol. The third kappa shape index (κ3) is 5.00. The number of nitrogens with zero attached hydrogens (tertiary/aromatic N) is 1. The second-order valence-electron chi connectivity index (χ2n) is 6.63. The van der Waals surface area contributed by atoms with Crippen LogP contribution in [0.25, 0.3) is 0 Å². The van der Waals surface area contributed by atoms with Gasteiger partial charge in [0.2, 0.25) is 0 Å². The molecule has 124 valence electrons. The molecule has 3 heteroatoms. The van der Waals surface area contributed by atoms with Gasteiger partial charge in [-0.15, -0.1) is 0 Å². The number of benzene rings is 2. The van der Waals surface area contributed by atoms with Crippen LogP contribution in [0.5, 0.6) is 0 Å². The molecule has 0 atom stereocenters. The molecule has 2 aromatic rings. The summed E-state index contributed by atoms with van der Waals surface area (Å²) in [5.41, 5.74) is 2.54. The molecule has 0 saturated heterocycles. The predicted molar refractivity (Wildman–Crippen MR) is 96.8 cm³/mol. The van der Waals surface area contributed by atoms with Crippen LogP contribution < -0.4 is 0 Å². The van der Waals surface area contributed by atoms with Crippen molar-refractivity contribution in [1.29, 1.82) is 0 Å². The molecule has 3 nitrogen and oxygen atoms in total. The summed E-state index contributed by atoms with van der Waals surface area (Å²) in [4.78, 5) is 23.8. The quantitative estimate of drug-likeness (QED) is 0.422. The fourth-order valence-electron chi connectivity index (χ4n) is 2.61. The molecule has 0 unspecified atom stereocenters. The van der Waals surface area contributed by atoms with E-state index >= 15 is 0 Å². The third-order valence-electron chi connectivity index (χ3n) is 4.05. The van der Waals surface area contributed by atoms with E-state index in [0.29, 0.717) is 22.0 Å². The largest absolute Gasteiger partial charge is 0.324 e. The first-order valence-electron chi connectivity index (χ1n) is 8.07. The molecule has 0 aromatic heterocycles. The fraction of sp³-hybridized carbons (Fsp3) is 0.238. The molecule has 0 aliphatic rings. The molecular formula is C21H24NO2+. The smallest absolute Gasteiger partial charge is 0.193 e. The Bertz CT molecular complexity index is 715. The minimum absolute atomic E-state index is 0.0347. The van der Waals surface area contributed by atoms with Crippen LogP contribution in [0.15, 0.2) is 67.3 Å². The summed E-state index contributed by atoms with van der Waals surface area (Å²) in [6.45, 7) is 5.08. The van der Waals surface area contributed by atoms with Crippen LogP contribution in [-0.2, 0) is 11.3 Å². The van der Waals surface area contributed by atoms with Gasteiger partial charge in [-0.25, -0.2) is 0 Å². The molecule has 0 fully saturated rings. The van der Waals surface area contributed by atoms with Crippen molar-refractivity contribution in [2.24, 2.45) is 0 Å². The highest BCUT2D eigenvalue weighted by Crippen LogP contribution is 2.14. The highest BCUT2D eigenvalue weighted by atomic mass is 16.1. The highest BCUT2D eigenvalue weighted by molar-refractivity contribution is 6.08. The summed E-state index contributed by atoms with van der Waals surface area (Å²) in [5.74, 6) is 0.109. The van der Waals surface area contributed by atoms with Crippen molar-refractivity contribution in [2.75, 3.05) is 20.6 Å². The van der Waals surface area contributed by atoms with Gasteiger partial charge in [0.05, 0.1) is 27.1 Å². The van der Waals surface area contributed by atoms with E-state index in [1.807, 2.05) is 54.6 Å². The van der Waals surface area contributed by atoms with E-state index in [1.54, 1.807) is 0 Å². The van der Waals surface area contributed by atoms with E-state index in [2.05, 4.69) is 20.7 Å².